The Morgan fingerprint density at radius 3 is 3.31 bits per heavy atom. The SMILES string of the molecule is c1coc(CNCC2CCCS2)c1. The molecule has 1 aliphatic rings. The zero-order chi connectivity index (χ0) is 8.93. The molecule has 1 aromatic heterocycles. The van der Waals surface area contributed by atoms with Crippen LogP contribution in [0.2, 0.25) is 0 Å². The van der Waals surface area contributed by atoms with Gasteiger partial charge in [-0.1, -0.05) is 0 Å². The summed E-state index contributed by atoms with van der Waals surface area (Å²) in [5.74, 6) is 2.37. The molecule has 1 N–H and O–H groups in total. The Hall–Kier alpha value is -0.410. The third-order valence-electron chi connectivity index (χ3n) is 2.28. The summed E-state index contributed by atoms with van der Waals surface area (Å²) >= 11 is 2.09. The summed E-state index contributed by atoms with van der Waals surface area (Å²) in [5, 5.41) is 4.24. The van der Waals surface area contributed by atoms with Gasteiger partial charge in [-0.05, 0) is 30.7 Å². The second-order valence-corrected chi connectivity index (χ2v) is 4.75. The number of furan rings is 1. The minimum absolute atomic E-state index is 0.829. The van der Waals surface area contributed by atoms with Crippen molar-refractivity contribution < 1.29 is 4.42 Å². The average Bonchev–Trinajstić information content (AvgIpc) is 2.75. The van der Waals surface area contributed by atoms with Gasteiger partial charge in [-0.2, -0.15) is 11.8 Å². The Morgan fingerprint density at radius 2 is 2.62 bits per heavy atom. The molecule has 1 unspecified atom stereocenters. The van der Waals surface area contributed by atoms with Crippen LogP contribution in [0, 0.1) is 0 Å². The molecule has 0 bridgehead atoms. The highest BCUT2D eigenvalue weighted by molar-refractivity contribution is 8.00. The van der Waals surface area contributed by atoms with Crippen molar-refractivity contribution in [3.05, 3.63) is 24.2 Å². The molecular formula is C10H15NOS. The van der Waals surface area contributed by atoms with Crippen molar-refractivity contribution in [1.29, 1.82) is 0 Å². The topological polar surface area (TPSA) is 25.2 Å². The molecule has 0 aliphatic carbocycles. The van der Waals surface area contributed by atoms with Gasteiger partial charge in [0.05, 0.1) is 12.8 Å². The van der Waals surface area contributed by atoms with E-state index in [4.69, 9.17) is 4.42 Å². The van der Waals surface area contributed by atoms with E-state index < -0.39 is 0 Å². The van der Waals surface area contributed by atoms with Crippen LogP contribution in [-0.2, 0) is 6.54 Å². The van der Waals surface area contributed by atoms with Crippen LogP contribution in [-0.4, -0.2) is 17.5 Å². The lowest BCUT2D eigenvalue weighted by atomic mass is 10.2. The molecule has 1 aromatic rings. The second kappa shape index (κ2) is 4.72. The van der Waals surface area contributed by atoms with Crippen molar-refractivity contribution in [1.82, 2.24) is 5.32 Å². The molecular weight excluding hydrogens is 182 g/mol. The fourth-order valence-corrected chi connectivity index (χ4v) is 2.81. The summed E-state index contributed by atoms with van der Waals surface area (Å²) in [6, 6.07) is 3.94. The Kier molecular flexibility index (Phi) is 3.33. The van der Waals surface area contributed by atoms with E-state index in [2.05, 4.69) is 17.1 Å². The van der Waals surface area contributed by atoms with Gasteiger partial charge in [0.1, 0.15) is 5.76 Å². The quantitative estimate of drug-likeness (QED) is 0.801. The lowest BCUT2D eigenvalue weighted by molar-refractivity contribution is 0.482. The van der Waals surface area contributed by atoms with Crippen LogP contribution < -0.4 is 5.32 Å². The number of thioether (sulfide) groups is 1. The normalized spacial score (nSPS) is 22.3. The van der Waals surface area contributed by atoms with Crippen LogP contribution in [0.5, 0.6) is 0 Å². The second-order valence-electron chi connectivity index (χ2n) is 3.35. The van der Waals surface area contributed by atoms with Gasteiger partial charge in [-0.15, -0.1) is 0 Å². The van der Waals surface area contributed by atoms with Crippen molar-refractivity contribution in [2.75, 3.05) is 12.3 Å². The van der Waals surface area contributed by atoms with Crippen LogP contribution in [0.15, 0.2) is 22.8 Å². The van der Waals surface area contributed by atoms with E-state index in [1.54, 1.807) is 6.26 Å². The van der Waals surface area contributed by atoms with Crippen molar-refractivity contribution in [3.63, 3.8) is 0 Å². The van der Waals surface area contributed by atoms with Crippen LogP contribution in [0.25, 0.3) is 0 Å². The Morgan fingerprint density at radius 1 is 1.62 bits per heavy atom. The fourth-order valence-electron chi connectivity index (χ4n) is 1.57. The molecule has 2 heterocycles. The molecule has 0 saturated carbocycles. The number of hydrogen-bond donors (Lipinski definition) is 1. The summed E-state index contributed by atoms with van der Waals surface area (Å²) in [6.07, 6.45) is 4.48. The van der Waals surface area contributed by atoms with Crippen LogP contribution in [0.1, 0.15) is 18.6 Å². The van der Waals surface area contributed by atoms with Gasteiger partial charge in [-0.3, -0.25) is 0 Å². The van der Waals surface area contributed by atoms with Gasteiger partial charge in [0.15, 0.2) is 0 Å². The summed E-state index contributed by atoms with van der Waals surface area (Å²) in [7, 11) is 0. The fraction of sp³-hybridized carbons (Fsp3) is 0.600. The van der Waals surface area contributed by atoms with Gasteiger partial charge < -0.3 is 9.73 Å². The molecule has 1 saturated heterocycles. The van der Waals surface area contributed by atoms with Gasteiger partial charge in [-0.25, -0.2) is 0 Å². The maximum Gasteiger partial charge on any atom is 0.117 e. The van der Waals surface area contributed by atoms with Gasteiger partial charge in [0, 0.05) is 11.8 Å². The minimum Gasteiger partial charge on any atom is -0.468 e. The molecule has 0 radical (unpaired) electrons. The highest BCUT2D eigenvalue weighted by Crippen LogP contribution is 2.25. The van der Waals surface area contributed by atoms with Crippen molar-refractivity contribution in [3.8, 4) is 0 Å². The standard InChI is InChI=1S/C10H15NOS/c1-3-9(12-5-1)7-11-8-10-4-2-6-13-10/h1,3,5,10-11H,2,4,6-8H2. The predicted molar refractivity (Wildman–Crippen MR) is 55.9 cm³/mol. The van der Waals surface area contributed by atoms with Crippen molar-refractivity contribution in [2.24, 2.45) is 0 Å². The van der Waals surface area contributed by atoms with E-state index in [-0.39, 0.29) is 0 Å². The molecule has 1 aliphatic heterocycles. The molecule has 1 fully saturated rings. The van der Waals surface area contributed by atoms with E-state index >= 15 is 0 Å². The maximum absolute atomic E-state index is 5.23. The lowest BCUT2D eigenvalue weighted by Gasteiger charge is -2.08. The maximum atomic E-state index is 5.23. The number of nitrogens with one attached hydrogen (secondary N) is 1. The zero-order valence-electron chi connectivity index (χ0n) is 7.66. The van der Waals surface area contributed by atoms with Crippen LogP contribution in [0.3, 0.4) is 0 Å². The Bertz CT molecular complexity index is 229. The first-order valence-corrected chi connectivity index (χ1v) is 5.85. The van der Waals surface area contributed by atoms with Gasteiger partial charge in [0.2, 0.25) is 0 Å². The average molecular weight is 197 g/mol. The third kappa shape index (κ3) is 2.78. The van der Waals surface area contributed by atoms with Crippen molar-refractivity contribution >= 4 is 11.8 Å². The molecule has 2 nitrogen and oxygen atoms in total. The molecule has 13 heavy (non-hydrogen) atoms. The van der Waals surface area contributed by atoms with E-state index in [0.717, 1.165) is 24.1 Å². The summed E-state index contributed by atoms with van der Waals surface area (Å²) in [4.78, 5) is 0. The first-order valence-electron chi connectivity index (χ1n) is 4.80. The molecule has 0 amide bonds. The smallest absolute Gasteiger partial charge is 0.117 e. The number of hydrogen-bond acceptors (Lipinski definition) is 3. The Labute approximate surface area is 83.1 Å². The minimum atomic E-state index is 0.829. The first-order chi connectivity index (χ1) is 6.45. The van der Waals surface area contributed by atoms with E-state index in [9.17, 15) is 0 Å². The van der Waals surface area contributed by atoms with Gasteiger partial charge >= 0.3 is 0 Å². The zero-order valence-corrected chi connectivity index (χ0v) is 8.48. The highest BCUT2D eigenvalue weighted by atomic mass is 32.2. The molecule has 0 spiro atoms. The molecule has 0 aromatic carbocycles. The molecule has 2 rings (SSSR count). The third-order valence-corrected chi connectivity index (χ3v) is 3.67. The first kappa shape index (κ1) is 9.16. The summed E-state index contributed by atoms with van der Waals surface area (Å²) < 4.78 is 5.23. The molecule has 72 valence electrons. The van der Waals surface area contributed by atoms with Crippen LogP contribution >= 0.6 is 11.8 Å². The van der Waals surface area contributed by atoms with E-state index in [1.807, 2.05) is 12.1 Å². The molecule has 3 heteroatoms. The van der Waals surface area contributed by atoms with E-state index in [0.29, 0.717) is 0 Å². The number of rotatable bonds is 4. The predicted octanol–water partition coefficient (Wildman–Crippen LogP) is 2.26. The summed E-state index contributed by atoms with van der Waals surface area (Å²) in [5.41, 5.74) is 0. The van der Waals surface area contributed by atoms with Gasteiger partial charge in [0.25, 0.3) is 0 Å². The Balaban J connectivity index is 1.63. The highest BCUT2D eigenvalue weighted by Gasteiger charge is 2.14. The molecule has 1 atom stereocenters. The largest absolute Gasteiger partial charge is 0.468 e. The van der Waals surface area contributed by atoms with E-state index in [1.165, 1.54) is 18.6 Å². The monoisotopic (exact) mass is 197 g/mol. The lowest BCUT2D eigenvalue weighted by Crippen LogP contribution is -2.22. The van der Waals surface area contributed by atoms with Crippen LogP contribution in [0.4, 0.5) is 0 Å². The summed E-state index contributed by atoms with van der Waals surface area (Å²) in [6.45, 7) is 1.98. The van der Waals surface area contributed by atoms with Crippen molar-refractivity contribution in [2.45, 2.75) is 24.6 Å².